The molecule has 1 saturated heterocycles. The van der Waals surface area contributed by atoms with Gasteiger partial charge in [0.2, 0.25) is 5.95 Å². The monoisotopic (exact) mass is 525 g/mol. The second-order valence-electron chi connectivity index (χ2n) is 9.13. The third-order valence-corrected chi connectivity index (χ3v) is 6.86. The van der Waals surface area contributed by atoms with E-state index in [-0.39, 0.29) is 18.1 Å². The van der Waals surface area contributed by atoms with Gasteiger partial charge in [-0.15, -0.1) is 0 Å². The van der Waals surface area contributed by atoms with Crippen LogP contribution in [0, 0.1) is 6.92 Å². The van der Waals surface area contributed by atoms with E-state index < -0.39 is 0 Å². The van der Waals surface area contributed by atoms with Gasteiger partial charge in [0.05, 0.1) is 36.3 Å². The van der Waals surface area contributed by atoms with Crippen molar-refractivity contribution in [1.82, 2.24) is 29.5 Å². The van der Waals surface area contributed by atoms with Crippen molar-refractivity contribution in [3.63, 3.8) is 0 Å². The van der Waals surface area contributed by atoms with Crippen LogP contribution < -0.4 is 10.9 Å². The topological polar surface area (TPSA) is 108 Å². The van der Waals surface area contributed by atoms with Gasteiger partial charge >= 0.3 is 0 Å². The maximum atomic E-state index is 14.0. The molecular weight excluding hydrogens is 502 g/mol. The van der Waals surface area contributed by atoms with E-state index >= 15 is 0 Å². The van der Waals surface area contributed by atoms with Crippen LogP contribution in [0.2, 0.25) is 5.02 Å². The first kappa shape index (κ1) is 24.1. The Labute approximate surface area is 223 Å². The van der Waals surface area contributed by atoms with E-state index in [0.29, 0.717) is 46.3 Å². The summed E-state index contributed by atoms with van der Waals surface area (Å²) < 4.78 is 7.08. The van der Waals surface area contributed by atoms with Crippen molar-refractivity contribution in [2.24, 2.45) is 0 Å². The normalized spacial score (nSPS) is 15.2. The minimum atomic E-state index is -0.220. The minimum absolute atomic E-state index is 0.137. The summed E-state index contributed by atoms with van der Waals surface area (Å²) in [5.41, 5.74) is 4.47. The van der Waals surface area contributed by atoms with E-state index in [9.17, 15) is 4.79 Å². The SMILES string of the molecule is Cc1nccnc1-c1ccc(-c2cc3cnc(NC4CCOC4)nc3n(Cc3ccccn3)c2=O)c(Cl)c1. The van der Waals surface area contributed by atoms with Crippen LogP contribution in [0.15, 0.2) is 72.0 Å². The van der Waals surface area contributed by atoms with Gasteiger partial charge in [-0.25, -0.2) is 4.98 Å². The van der Waals surface area contributed by atoms with Crippen LogP contribution in [-0.4, -0.2) is 48.7 Å². The Morgan fingerprint density at radius 1 is 1.05 bits per heavy atom. The third kappa shape index (κ3) is 4.73. The van der Waals surface area contributed by atoms with Crippen LogP contribution in [0.25, 0.3) is 33.4 Å². The third-order valence-electron chi connectivity index (χ3n) is 6.55. The van der Waals surface area contributed by atoms with Crippen molar-refractivity contribution < 1.29 is 4.74 Å². The second kappa shape index (κ2) is 10.3. The number of halogens is 1. The van der Waals surface area contributed by atoms with Crippen LogP contribution in [0.1, 0.15) is 17.8 Å². The molecule has 1 unspecified atom stereocenters. The molecular formula is C28H24ClN7O2. The van der Waals surface area contributed by atoms with E-state index in [4.69, 9.17) is 21.3 Å². The van der Waals surface area contributed by atoms with Gasteiger partial charge in [0.15, 0.2) is 0 Å². The Kier molecular flexibility index (Phi) is 6.53. The zero-order valence-corrected chi connectivity index (χ0v) is 21.4. The summed E-state index contributed by atoms with van der Waals surface area (Å²) in [7, 11) is 0. The fourth-order valence-electron chi connectivity index (χ4n) is 4.62. The molecule has 1 aliphatic rings. The average molecular weight is 526 g/mol. The van der Waals surface area contributed by atoms with Gasteiger partial charge in [-0.05, 0) is 37.6 Å². The number of nitrogens with one attached hydrogen (secondary N) is 1. The van der Waals surface area contributed by atoms with Crippen LogP contribution in [0.4, 0.5) is 5.95 Å². The van der Waals surface area contributed by atoms with Crippen molar-refractivity contribution in [1.29, 1.82) is 0 Å². The van der Waals surface area contributed by atoms with Crippen LogP contribution in [-0.2, 0) is 11.3 Å². The van der Waals surface area contributed by atoms with Gasteiger partial charge in [0, 0.05) is 58.5 Å². The number of hydrogen-bond donors (Lipinski definition) is 1. The summed E-state index contributed by atoms with van der Waals surface area (Å²) in [4.78, 5) is 36.4. The Bertz CT molecular complexity index is 1680. The first-order chi connectivity index (χ1) is 18.6. The number of benzene rings is 1. The smallest absolute Gasteiger partial charge is 0.260 e. The number of anilines is 1. The van der Waals surface area contributed by atoms with E-state index in [0.717, 1.165) is 29.1 Å². The molecule has 190 valence electrons. The summed E-state index contributed by atoms with van der Waals surface area (Å²) in [6, 6.07) is 13.1. The van der Waals surface area contributed by atoms with Crippen LogP contribution >= 0.6 is 11.6 Å². The Morgan fingerprint density at radius 3 is 2.71 bits per heavy atom. The Morgan fingerprint density at radius 2 is 1.95 bits per heavy atom. The highest BCUT2D eigenvalue weighted by atomic mass is 35.5. The van der Waals surface area contributed by atoms with E-state index in [1.165, 1.54) is 0 Å². The molecule has 10 heteroatoms. The molecule has 1 atom stereocenters. The Hall–Kier alpha value is -4.21. The standard InChI is InChI=1S/C28H24ClN7O2/c1-17-25(32-10-9-30-17)18-5-6-22(24(29)13-18)23-12-19-14-33-28(34-21-7-11-38-16-21)35-26(19)36(27(23)37)15-20-4-2-3-8-31-20/h2-6,8-10,12-14,21H,7,11,15-16H2,1H3,(H,33,34,35). The predicted octanol–water partition coefficient (Wildman–Crippen LogP) is 4.52. The number of rotatable bonds is 6. The summed E-state index contributed by atoms with van der Waals surface area (Å²) >= 11 is 6.76. The highest BCUT2D eigenvalue weighted by Gasteiger charge is 2.19. The van der Waals surface area contributed by atoms with Gasteiger partial charge in [0.25, 0.3) is 5.56 Å². The molecule has 1 N–H and O–H groups in total. The minimum Gasteiger partial charge on any atom is -0.379 e. The van der Waals surface area contributed by atoms with E-state index in [1.807, 2.05) is 43.3 Å². The molecule has 0 spiro atoms. The summed E-state index contributed by atoms with van der Waals surface area (Å²) in [6.45, 7) is 3.45. The number of aromatic nitrogens is 6. The lowest BCUT2D eigenvalue weighted by Crippen LogP contribution is -2.25. The van der Waals surface area contributed by atoms with Crippen LogP contribution in [0.3, 0.4) is 0 Å². The maximum absolute atomic E-state index is 14.0. The van der Waals surface area contributed by atoms with Crippen molar-refractivity contribution in [3.05, 3.63) is 94.0 Å². The fraction of sp³-hybridized carbons (Fsp3) is 0.214. The molecule has 4 aromatic heterocycles. The number of hydrogen-bond acceptors (Lipinski definition) is 8. The zero-order valence-electron chi connectivity index (χ0n) is 20.6. The quantitative estimate of drug-likeness (QED) is 0.345. The van der Waals surface area contributed by atoms with Gasteiger partial charge in [0.1, 0.15) is 5.65 Å². The number of ether oxygens (including phenoxy) is 1. The van der Waals surface area contributed by atoms with Crippen molar-refractivity contribution in [3.8, 4) is 22.4 Å². The van der Waals surface area contributed by atoms with Gasteiger partial charge in [-0.2, -0.15) is 4.98 Å². The van der Waals surface area contributed by atoms with Gasteiger partial charge in [-0.3, -0.25) is 24.3 Å². The summed E-state index contributed by atoms with van der Waals surface area (Å²) in [5.74, 6) is 0.455. The molecule has 1 aliphatic heterocycles. The lowest BCUT2D eigenvalue weighted by molar-refractivity contribution is 0.195. The first-order valence-electron chi connectivity index (χ1n) is 12.3. The highest BCUT2D eigenvalue weighted by molar-refractivity contribution is 6.33. The highest BCUT2D eigenvalue weighted by Crippen LogP contribution is 2.32. The largest absolute Gasteiger partial charge is 0.379 e. The molecule has 0 aliphatic carbocycles. The summed E-state index contributed by atoms with van der Waals surface area (Å²) in [6.07, 6.45) is 7.61. The molecule has 6 rings (SSSR count). The number of nitrogens with zero attached hydrogens (tertiary/aromatic N) is 6. The predicted molar refractivity (Wildman–Crippen MR) is 146 cm³/mol. The van der Waals surface area contributed by atoms with Gasteiger partial charge in [-0.1, -0.05) is 29.8 Å². The van der Waals surface area contributed by atoms with Gasteiger partial charge < -0.3 is 10.1 Å². The molecule has 0 bridgehead atoms. The fourth-order valence-corrected chi connectivity index (χ4v) is 4.91. The lowest BCUT2D eigenvalue weighted by atomic mass is 10.0. The van der Waals surface area contributed by atoms with E-state index in [2.05, 4.69) is 25.3 Å². The van der Waals surface area contributed by atoms with Crippen molar-refractivity contribution in [2.45, 2.75) is 25.9 Å². The second-order valence-corrected chi connectivity index (χ2v) is 9.54. The first-order valence-corrected chi connectivity index (χ1v) is 12.7. The molecule has 5 heterocycles. The van der Waals surface area contributed by atoms with E-state index in [1.54, 1.807) is 35.4 Å². The van der Waals surface area contributed by atoms with Crippen molar-refractivity contribution >= 4 is 28.6 Å². The Balaban J connectivity index is 1.47. The summed E-state index contributed by atoms with van der Waals surface area (Å²) in [5, 5.41) is 4.47. The molecule has 38 heavy (non-hydrogen) atoms. The number of pyridine rings is 2. The lowest BCUT2D eigenvalue weighted by Gasteiger charge is -2.15. The number of fused-ring (bicyclic) bond motifs is 1. The maximum Gasteiger partial charge on any atom is 0.260 e. The van der Waals surface area contributed by atoms with Crippen molar-refractivity contribution in [2.75, 3.05) is 18.5 Å². The molecule has 0 amide bonds. The van der Waals surface area contributed by atoms with Crippen LogP contribution in [0.5, 0.6) is 0 Å². The molecule has 0 radical (unpaired) electrons. The zero-order chi connectivity index (χ0) is 26.1. The average Bonchev–Trinajstić information content (AvgIpc) is 3.44. The molecule has 5 aromatic rings. The number of aryl methyl sites for hydroxylation is 1. The molecule has 0 saturated carbocycles. The molecule has 1 fully saturated rings. The molecule has 1 aromatic carbocycles. The molecule has 9 nitrogen and oxygen atoms in total.